The van der Waals surface area contributed by atoms with Crippen LogP contribution in [-0.2, 0) is 0 Å². The van der Waals surface area contributed by atoms with E-state index in [0.29, 0.717) is 0 Å². The van der Waals surface area contributed by atoms with Crippen molar-refractivity contribution in [3.05, 3.63) is 140 Å². The summed E-state index contributed by atoms with van der Waals surface area (Å²) in [4.78, 5) is 9.29. The van der Waals surface area contributed by atoms with Crippen LogP contribution in [0.25, 0.3) is 90.2 Å². The van der Waals surface area contributed by atoms with Crippen molar-refractivity contribution < 1.29 is 0 Å². The van der Waals surface area contributed by atoms with E-state index >= 15 is 0 Å². The molecule has 10 aromatic rings. The Balaban J connectivity index is 1.45. The number of hydrogen-bond acceptors (Lipinski definition) is 4. The Bertz CT molecular complexity index is 2700. The number of fused-ring (bicyclic) bond motifs is 12. The molecule has 0 aliphatic heterocycles. The van der Waals surface area contributed by atoms with Crippen molar-refractivity contribution in [2.24, 2.45) is 0 Å². The minimum Gasteiger partial charge on any atom is -0.308 e. The fourth-order valence-corrected chi connectivity index (χ4v) is 9.52. The van der Waals surface area contributed by atoms with Gasteiger partial charge in [-0.15, -0.1) is 22.7 Å². The SMILES string of the molecule is c1ccc(-c2cc(-c3ccccc3)cc(-n3c4ccccc4c4c5c6ncncc6sc5c5c6ccccc6sc5c43)c2)cc1. The van der Waals surface area contributed by atoms with Gasteiger partial charge in [0.25, 0.3) is 0 Å². The highest BCUT2D eigenvalue weighted by Gasteiger charge is 2.25. The van der Waals surface area contributed by atoms with Gasteiger partial charge in [-0.1, -0.05) is 97.1 Å². The number of para-hydroxylation sites is 1. The van der Waals surface area contributed by atoms with Gasteiger partial charge in [0.05, 0.1) is 25.9 Å². The molecule has 6 aromatic carbocycles. The van der Waals surface area contributed by atoms with E-state index in [1.807, 2.05) is 28.9 Å². The van der Waals surface area contributed by atoms with Crippen LogP contribution in [0.3, 0.4) is 0 Å². The van der Waals surface area contributed by atoms with Crippen molar-refractivity contribution >= 4 is 85.0 Å². The van der Waals surface area contributed by atoms with Crippen LogP contribution < -0.4 is 0 Å². The van der Waals surface area contributed by atoms with Crippen molar-refractivity contribution in [3.63, 3.8) is 0 Å². The first-order valence-electron chi connectivity index (χ1n) is 15.0. The number of rotatable bonds is 3. The van der Waals surface area contributed by atoms with Crippen molar-refractivity contribution in [3.8, 4) is 27.9 Å². The molecule has 0 saturated heterocycles. The smallest absolute Gasteiger partial charge is 0.116 e. The lowest BCUT2D eigenvalue weighted by Gasteiger charge is -2.14. The summed E-state index contributed by atoms with van der Waals surface area (Å²) in [5.74, 6) is 0. The van der Waals surface area contributed by atoms with Crippen molar-refractivity contribution in [2.75, 3.05) is 0 Å². The van der Waals surface area contributed by atoms with E-state index in [1.54, 1.807) is 6.33 Å². The van der Waals surface area contributed by atoms with Gasteiger partial charge >= 0.3 is 0 Å². The first kappa shape index (κ1) is 25.0. The second-order valence-electron chi connectivity index (χ2n) is 11.4. The van der Waals surface area contributed by atoms with Gasteiger partial charge in [-0.3, -0.25) is 0 Å². The average molecular weight is 610 g/mol. The lowest BCUT2D eigenvalue weighted by molar-refractivity contribution is 1.19. The maximum Gasteiger partial charge on any atom is 0.116 e. The van der Waals surface area contributed by atoms with Gasteiger partial charge in [0.1, 0.15) is 6.33 Å². The quantitative estimate of drug-likeness (QED) is 0.199. The minimum absolute atomic E-state index is 1.03. The molecule has 3 nitrogen and oxygen atoms in total. The Hall–Kier alpha value is -5.36. The minimum atomic E-state index is 1.03. The summed E-state index contributed by atoms with van der Waals surface area (Å²) >= 11 is 3.70. The number of hydrogen-bond donors (Lipinski definition) is 0. The fraction of sp³-hybridized carbons (Fsp3) is 0. The summed E-state index contributed by atoms with van der Waals surface area (Å²) in [6.45, 7) is 0. The number of aromatic nitrogens is 3. The molecular formula is C40H23N3S2. The van der Waals surface area contributed by atoms with E-state index in [1.165, 1.54) is 74.3 Å². The van der Waals surface area contributed by atoms with Crippen LogP contribution in [0.2, 0.25) is 0 Å². The standard InChI is InChI=1S/C40H23N3S2/c1-3-11-24(12-4-1)26-19-27(25-13-5-2-6-14-25)21-28(20-26)43-31-17-9-7-15-29(31)34-36-37-33(22-41-23-42-37)45-39(36)35-30-16-8-10-18-32(30)44-40(35)38(34)43/h1-23H. The van der Waals surface area contributed by atoms with Crippen LogP contribution in [0.5, 0.6) is 0 Å². The number of nitrogens with zero attached hydrogens (tertiary/aromatic N) is 3. The summed E-state index contributed by atoms with van der Waals surface area (Å²) in [7, 11) is 0. The van der Waals surface area contributed by atoms with Crippen molar-refractivity contribution in [1.29, 1.82) is 0 Å². The van der Waals surface area contributed by atoms with E-state index in [4.69, 9.17) is 4.98 Å². The Morgan fingerprint density at radius 3 is 1.91 bits per heavy atom. The fourth-order valence-electron chi connectivity index (χ4n) is 7.00. The molecule has 0 spiro atoms. The zero-order valence-electron chi connectivity index (χ0n) is 23.9. The van der Waals surface area contributed by atoms with Crippen molar-refractivity contribution in [1.82, 2.24) is 14.5 Å². The maximum atomic E-state index is 4.88. The molecule has 4 heterocycles. The zero-order valence-corrected chi connectivity index (χ0v) is 25.6. The highest BCUT2D eigenvalue weighted by molar-refractivity contribution is 7.30. The predicted molar refractivity (Wildman–Crippen MR) is 193 cm³/mol. The van der Waals surface area contributed by atoms with E-state index in [2.05, 4.69) is 137 Å². The van der Waals surface area contributed by atoms with Gasteiger partial charge in [0.2, 0.25) is 0 Å². The van der Waals surface area contributed by atoms with Gasteiger partial charge < -0.3 is 4.57 Å². The molecule has 0 amide bonds. The lowest BCUT2D eigenvalue weighted by atomic mass is 9.98. The Labute approximate surface area is 266 Å². The highest BCUT2D eigenvalue weighted by Crippen LogP contribution is 2.51. The topological polar surface area (TPSA) is 30.7 Å². The van der Waals surface area contributed by atoms with E-state index in [-0.39, 0.29) is 0 Å². The molecular weight excluding hydrogens is 587 g/mol. The molecule has 45 heavy (non-hydrogen) atoms. The van der Waals surface area contributed by atoms with Gasteiger partial charge in [0.15, 0.2) is 0 Å². The molecule has 0 atom stereocenters. The van der Waals surface area contributed by atoms with Gasteiger partial charge in [0, 0.05) is 48.2 Å². The summed E-state index contributed by atoms with van der Waals surface area (Å²) in [6.07, 6.45) is 3.65. The summed E-state index contributed by atoms with van der Waals surface area (Å²) < 4.78 is 7.51. The molecule has 10 rings (SSSR count). The molecule has 0 unspecified atom stereocenters. The predicted octanol–water partition coefficient (Wildman–Crippen LogP) is 11.6. The molecule has 0 N–H and O–H groups in total. The van der Waals surface area contributed by atoms with Crippen molar-refractivity contribution in [2.45, 2.75) is 0 Å². The van der Waals surface area contributed by atoms with Crippen LogP contribution in [0.1, 0.15) is 0 Å². The molecule has 0 radical (unpaired) electrons. The van der Waals surface area contributed by atoms with E-state index < -0.39 is 0 Å². The summed E-state index contributed by atoms with van der Waals surface area (Å²) in [6, 6.07) is 46.1. The third kappa shape index (κ3) is 3.62. The molecule has 5 heteroatoms. The monoisotopic (exact) mass is 609 g/mol. The van der Waals surface area contributed by atoms with Gasteiger partial charge in [-0.05, 0) is 52.6 Å². The summed E-state index contributed by atoms with van der Waals surface area (Å²) in [5.41, 5.74) is 9.39. The summed E-state index contributed by atoms with van der Waals surface area (Å²) in [5, 5.41) is 6.33. The third-order valence-electron chi connectivity index (χ3n) is 8.91. The normalized spacial score (nSPS) is 12.0. The van der Waals surface area contributed by atoms with Crippen LogP contribution in [0.15, 0.2) is 140 Å². The van der Waals surface area contributed by atoms with Gasteiger partial charge in [-0.25, -0.2) is 9.97 Å². The molecule has 0 saturated carbocycles. The molecule has 0 aliphatic rings. The highest BCUT2D eigenvalue weighted by atomic mass is 32.1. The van der Waals surface area contributed by atoms with E-state index in [0.717, 1.165) is 15.9 Å². The maximum absolute atomic E-state index is 4.88. The average Bonchev–Trinajstić information content (AvgIpc) is 3.78. The largest absolute Gasteiger partial charge is 0.308 e. The van der Waals surface area contributed by atoms with E-state index in [9.17, 15) is 0 Å². The van der Waals surface area contributed by atoms with Crippen LogP contribution >= 0.6 is 22.7 Å². The zero-order chi connectivity index (χ0) is 29.5. The molecule has 0 bridgehead atoms. The molecule has 0 fully saturated rings. The third-order valence-corrected chi connectivity index (χ3v) is 11.2. The lowest BCUT2D eigenvalue weighted by Crippen LogP contribution is -1.96. The molecule has 210 valence electrons. The Morgan fingerprint density at radius 1 is 0.511 bits per heavy atom. The Morgan fingerprint density at radius 2 is 1.16 bits per heavy atom. The Kier molecular flexibility index (Phi) is 5.32. The number of thiophene rings is 2. The number of benzene rings is 6. The first-order valence-corrected chi connectivity index (χ1v) is 16.6. The second kappa shape index (κ2) is 9.57. The first-order chi connectivity index (χ1) is 22.3. The van der Waals surface area contributed by atoms with Crippen LogP contribution in [-0.4, -0.2) is 14.5 Å². The second-order valence-corrected chi connectivity index (χ2v) is 13.5. The van der Waals surface area contributed by atoms with Crippen LogP contribution in [0, 0.1) is 0 Å². The van der Waals surface area contributed by atoms with Gasteiger partial charge in [-0.2, -0.15) is 0 Å². The molecule has 0 aliphatic carbocycles. The van der Waals surface area contributed by atoms with Crippen LogP contribution in [0.4, 0.5) is 0 Å². The molecule has 4 aromatic heterocycles.